The number of hydrogen-bond acceptors (Lipinski definition) is 5. The first kappa shape index (κ1) is 19.3. The van der Waals surface area contributed by atoms with Crippen LogP contribution in [-0.4, -0.2) is 38.7 Å². The van der Waals surface area contributed by atoms with Crippen LogP contribution in [0.2, 0.25) is 0 Å². The van der Waals surface area contributed by atoms with Crippen molar-refractivity contribution < 1.29 is 4.79 Å². The topological polar surface area (TPSA) is 84.7 Å². The number of anilines is 1. The number of nitrogens with one attached hydrogen (secondary N) is 2. The van der Waals surface area contributed by atoms with Crippen LogP contribution < -0.4 is 10.6 Å². The molecular weight excluding hydrogens is 455 g/mol. The molecule has 0 saturated heterocycles. The van der Waals surface area contributed by atoms with Gasteiger partial charge in [-0.1, -0.05) is 6.07 Å². The van der Waals surface area contributed by atoms with Gasteiger partial charge in [0.1, 0.15) is 11.6 Å². The highest BCUT2D eigenvalue weighted by Crippen LogP contribution is 2.13. The molecule has 2 aromatic heterocycles. The number of halogens is 1. The first-order valence-corrected chi connectivity index (χ1v) is 9.67. The third-order valence-electron chi connectivity index (χ3n) is 3.85. The van der Waals surface area contributed by atoms with Crippen LogP contribution in [0.15, 0.2) is 36.4 Å². The molecule has 8 heteroatoms. The Kier molecular flexibility index (Phi) is 6.04. The fourth-order valence-electron chi connectivity index (χ4n) is 2.71. The second kappa shape index (κ2) is 8.47. The summed E-state index contributed by atoms with van der Waals surface area (Å²) in [6, 6.07) is 11.4. The highest BCUT2D eigenvalue weighted by molar-refractivity contribution is 14.1. The predicted octanol–water partition coefficient (Wildman–Crippen LogP) is 3.03. The molecule has 0 aliphatic heterocycles. The van der Waals surface area contributed by atoms with Crippen LogP contribution in [0.1, 0.15) is 27.6 Å². The molecule has 2 heterocycles. The lowest BCUT2D eigenvalue weighted by atomic mass is 10.2. The second-order valence-electron chi connectivity index (χ2n) is 6.19. The standard InChI is InChI=1S/C19H21IN6O/c1-12-9-13(2)26(25-12)18-11-17(23-14(3)24-18)21-7-8-22-19(27)15-5-4-6-16(20)10-15/h4-6,9-11H,7-8H2,1-3H3,(H,22,27)(H,21,23,24). The Bertz CT molecular complexity index is 969. The summed E-state index contributed by atoms with van der Waals surface area (Å²) < 4.78 is 2.83. The number of aryl methyl sites for hydroxylation is 3. The van der Waals surface area contributed by atoms with Gasteiger partial charge in [-0.2, -0.15) is 5.10 Å². The van der Waals surface area contributed by atoms with Crippen LogP contribution in [0.25, 0.3) is 5.82 Å². The molecule has 3 rings (SSSR count). The van der Waals surface area contributed by atoms with Crippen molar-refractivity contribution in [2.24, 2.45) is 0 Å². The van der Waals surface area contributed by atoms with E-state index in [1.807, 2.05) is 51.1 Å². The number of rotatable bonds is 6. The SMILES string of the molecule is Cc1cc(C)n(-c2cc(NCCNC(=O)c3cccc(I)c3)nc(C)n2)n1. The van der Waals surface area contributed by atoms with Crippen molar-refractivity contribution in [3.8, 4) is 5.82 Å². The largest absolute Gasteiger partial charge is 0.368 e. The third kappa shape index (κ3) is 5.03. The normalized spacial score (nSPS) is 10.7. The van der Waals surface area contributed by atoms with Crippen LogP contribution >= 0.6 is 22.6 Å². The molecule has 2 N–H and O–H groups in total. The van der Waals surface area contributed by atoms with E-state index in [2.05, 4.69) is 48.3 Å². The quantitative estimate of drug-likeness (QED) is 0.422. The highest BCUT2D eigenvalue weighted by atomic mass is 127. The fraction of sp³-hybridized carbons (Fsp3) is 0.263. The van der Waals surface area contributed by atoms with E-state index in [4.69, 9.17) is 0 Å². The highest BCUT2D eigenvalue weighted by Gasteiger charge is 2.09. The average molecular weight is 476 g/mol. The van der Waals surface area contributed by atoms with E-state index in [9.17, 15) is 4.79 Å². The van der Waals surface area contributed by atoms with Crippen molar-refractivity contribution in [3.05, 3.63) is 62.7 Å². The number of nitrogens with zero attached hydrogens (tertiary/aromatic N) is 4. The molecule has 140 valence electrons. The van der Waals surface area contributed by atoms with Gasteiger partial charge >= 0.3 is 0 Å². The van der Waals surface area contributed by atoms with Crippen molar-refractivity contribution in [3.63, 3.8) is 0 Å². The predicted molar refractivity (Wildman–Crippen MR) is 113 cm³/mol. The number of carbonyl (C=O) groups is 1. The van der Waals surface area contributed by atoms with Gasteiger partial charge in [0.25, 0.3) is 5.91 Å². The van der Waals surface area contributed by atoms with Crippen LogP contribution in [0.3, 0.4) is 0 Å². The third-order valence-corrected chi connectivity index (χ3v) is 4.53. The smallest absolute Gasteiger partial charge is 0.251 e. The zero-order valence-corrected chi connectivity index (χ0v) is 17.6. The number of amides is 1. The summed E-state index contributed by atoms with van der Waals surface area (Å²) in [6.45, 7) is 6.84. The van der Waals surface area contributed by atoms with Gasteiger partial charge in [-0.25, -0.2) is 14.6 Å². The Labute approximate surface area is 171 Å². The number of hydrogen-bond donors (Lipinski definition) is 2. The fourth-order valence-corrected chi connectivity index (χ4v) is 3.25. The summed E-state index contributed by atoms with van der Waals surface area (Å²) in [6.07, 6.45) is 0. The first-order valence-electron chi connectivity index (χ1n) is 8.59. The number of benzene rings is 1. The monoisotopic (exact) mass is 476 g/mol. The Morgan fingerprint density at radius 2 is 1.93 bits per heavy atom. The van der Waals surface area contributed by atoms with Crippen molar-refractivity contribution in [1.82, 2.24) is 25.1 Å². The second-order valence-corrected chi connectivity index (χ2v) is 7.44. The maximum atomic E-state index is 12.2. The summed E-state index contributed by atoms with van der Waals surface area (Å²) >= 11 is 2.19. The lowest BCUT2D eigenvalue weighted by Crippen LogP contribution is -2.29. The van der Waals surface area contributed by atoms with Gasteiger partial charge in [0.05, 0.1) is 5.69 Å². The Morgan fingerprint density at radius 3 is 2.63 bits per heavy atom. The van der Waals surface area contributed by atoms with Crippen molar-refractivity contribution in [2.75, 3.05) is 18.4 Å². The molecule has 0 fully saturated rings. The summed E-state index contributed by atoms with van der Waals surface area (Å²) in [5.74, 6) is 2.00. The molecule has 0 bridgehead atoms. The van der Waals surface area contributed by atoms with E-state index in [-0.39, 0.29) is 5.91 Å². The molecule has 0 unspecified atom stereocenters. The summed E-state index contributed by atoms with van der Waals surface area (Å²) in [7, 11) is 0. The van der Waals surface area contributed by atoms with Crippen LogP contribution in [0.4, 0.5) is 5.82 Å². The van der Waals surface area contributed by atoms with Gasteiger partial charge in [0, 0.05) is 34.0 Å². The molecule has 1 aromatic carbocycles. The van der Waals surface area contributed by atoms with E-state index in [1.54, 1.807) is 10.7 Å². The molecule has 1 amide bonds. The molecule has 7 nitrogen and oxygen atoms in total. The summed E-state index contributed by atoms with van der Waals surface area (Å²) in [4.78, 5) is 21.0. The van der Waals surface area contributed by atoms with Gasteiger partial charge in [0.2, 0.25) is 0 Å². The van der Waals surface area contributed by atoms with Gasteiger partial charge in [-0.05, 0) is 67.6 Å². The minimum Gasteiger partial charge on any atom is -0.368 e. The van der Waals surface area contributed by atoms with E-state index in [0.29, 0.717) is 30.3 Å². The molecular formula is C19H21IN6O. The van der Waals surface area contributed by atoms with E-state index >= 15 is 0 Å². The van der Waals surface area contributed by atoms with Crippen molar-refractivity contribution in [1.29, 1.82) is 0 Å². The first-order chi connectivity index (χ1) is 12.9. The minimum atomic E-state index is -0.0856. The molecule has 0 spiro atoms. The Balaban J connectivity index is 1.60. The molecule has 0 saturated carbocycles. The molecule has 0 radical (unpaired) electrons. The van der Waals surface area contributed by atoms with Gasteiger partial charge in [0.15, 0.2) is 5.82 Å². The maximum Gasteiger partial charge on any atom is 0.251 e. The van der Waals surface area contributed by atoms with Crippen molar-refractivity contribution >= 4 is 34.3 Å². The summed E-state index contributed by atoms with van der Waals surface area (Å²) in [5, 5.41) is 10.6. The Morgan fingerprint density at radius 1 is 1.11 bits per heavy atom. The molecule has 3 aromatic rings. The van der Waals surface area contributed by atoms with Gasteiger partial charge in [-0.3, -0.25) is 4.79 Å². The molecule has 27 heavy (non-hydrogen) atoms. The van der Waals surface area contributed by atoms with Gasteiger partial charge < -0.3 is 10.6 Å². The lowest BCUT2D eigenvalue weighted by Gasteiger charge is -2.10. The zero-order valence-electron chi connectivity index (χ0n) is 15.5. The molecule has 0 atom stereocenters. The van der Waals surface area contributed by atoms with Gasteiger partial charge in [-0.15, -0.1) is 0 Å². The van der Waals surface area contributed by atoms with Crippen molar-refractivity contribution in [2.45, 2.75) is 20.8 Å². The number of aromatic nitrogens is 4. The zero-order chi connectivity index (χ0) is 19.4. The maximum absolute atomic E-state index is 12.2. The van der Waals surface area contributed by atoms with Crippen LogP contribution in [-0.2, 0) is 0 Å². The van der Waals surface area contributed by atoms with E-state index < -0.39 is 0 Å². The van der Waals surface area contributed by atoms with E-state index in [1.165, 1.54) is 0 Å². The van der Waals surface area contributed by atoms with E-state index in [0.717, 1.165) is 20.8 Å². The van der Waals surface area contributed by atoms with Crippen LogP contribution in [0.5, 0.6) is 0 Å². The van der Waals surface area contributed by atoms with Crippen LogP contribution in [0, 0.1) is 24.3 Å². The Hall–Kier alpha value is -2.49. The molecule has 0 aliphatic rings. The number of carbonyl (C=O) groups excluding carboxylic acids is 1. The average Bonchev–Trinajstić information content (AvgIpc) is 2.96. The lowest BCUT2D eigenvalue weighted by molar-refractivity contribution is 0.0955. The minimum absolute atomic E-state index is 0.0856. The molecule has 0 aliphatic carbocycles. The summed E-state index contributed by atoms with van der Waals surface area (Å²) in [5.41, 5.74) is 2.62.